The van der Waals surface area contributed by atoms with Crippen molar-refractivity contribution >= 4 is 32.6 Å². The zero-order chi connectivity index (χ0) is 29.2. The van der Waals surface area contributed by atoms with Crippen LogP contribution in [0.4, 0.5) is 0 Å². The molecule has 2 heterocycles. The number of rotatable bonds is 4. The lowest BCUT2D eigenvalue weighted by atomic mass is 9.86. The van der Waals surface area contributed by atoms with E-state index in [1.807, 2.05) is 12.1 Å². The second kappa shape index (κ2) is 9.68. The Balaban J connectivity index is 1.19. The Kier molecular flexibility index (Phi) is 5.48. The largest absolute Gasteiger partial charge is 0.453 e. The maximum atomic E-state index is 6.34. The van der Waals surface area contributed by atoms with Gasteiger partial charge in [0.2, 0.25) is 0 Å². The van der Waals surface area contributed by atoms with Gasteiger partial charge in [0.25, 0.3) is 0 Å². The van der Waals surface area contributed by atoms with Gasteiger partial charge in [-0.2, -0.15) is 0 Å². The lowest BCUT2D eigenvalue weighted by molar-refractivity contribution is 0.474. The molecular weight excluding hydrogens is 536 g/mol. The topological polar surface area (TPSA) is 27.1 Å². The zero-order valence-corrected chi connectivity index (χ0v) is 24.3. The average molecular weight is 565 g/mol. The predicted molar refractivity (Wildman–Crippen MR) is 182 cm³/mol. The molecular formula is C41H28N2O. The van der Waals surface area contributed by atoms with Crippen molar-refractivity contribution in [3.63, 3.8) is 0 Å². The quantitative estimate of drug-likeness (QED) is 0.199. The van der Waals surface area contributed by atoms with Crippen LogP contribution in [-0.4, -0.2) is 9.55 Å². The van der Waals surface area contributed by atoms with Crippen LogP contribution in [0.1, 0.15) is 12.7 Å². The van der Waals surface area contributed by atoms with Gasteiger partial charge in [-0.3, -0.25) is 4.57 Å². The first-order chi connectivity index (χ1) is 21.8. The van der Waals surface area contributed by atoms with Crippen molar-refractivity contribution in [1.29, 1.82) is 0 Å². The molecule has 0 aliphatic carbocycles. The number of hydrogen-bond acceptors (Lipinski definition) is 2. The lowest BCUT2D eigenvalue weighted by Crippen LogP contribution is -2.07. The second-order valence-electron chi connectivity index (χ2n) is 11.4. The van der Waals surface area contributed by atoms with Crippen molar-refractivity contribution in [3.8, 4) is 50.6 Å². The van der Waals surface area contributed by atoms with E-state index in [2.05, 4.69) is 139 Å². The van der Waals surface area contributed by atoms with Gasteiger partial charge in [0, 0.05) is 6.42 Å². The van der Waals surface area contributed by atoms with Crippen LogP contribution in [0.25, 0.3) is 71.6 Å². The molecule has 8 aromatic rings. The first kappa shape index (κ1) is 24.9. The van der Waals surface area contributed by atoms with Gasteiger partial charge < -0.3 is 4.74 Å². The number of aromatic nitrogens is 2. The fourth-order valence-corrected chi connectivity index (χ4v) is 6.98. The summed E-state index contributed by atoms with van der Waals surface area (Å²) in [5.74, 6) is 2.76. The second-order valence-corrected chi connectivity index (χ2v) is 11.4. The smallest absolute Gasteiger partial charge is 0.153 e. The van der Waals surface area contributed by atoms with Gasteiger partial charge in [0.1, 0.15) is 11.3 Å². The molecule has 0 spiro atoms. The highest BCUT2D eigenvalue weighted by Crippen LogP contribution is 2.45. The van der Waals surface area contributed by atoms with Crippen LogP contribution in [0.15, 0.2) is 140 Å². The third-order valence-electron chi connectivity index (χ3n) is 8.95. The maximum absolute atomic E-state index is 6.34. The van der Waals surface area contributed by atoms with E-state index in [4.69, 9.17) is 9.72 Å². The van der Waals surface area contributed by atoms with E-state index in [1.165, 1.54) is 49.4 Å². The summed E-state index contributed by atoms with van der Waals surface area (Å²) >= 11 is 0. The standard InChI is InChI=1S/C41H28N2O/c1-2-38-42-34-17-10-18-37-41(34)43(38)35-25-29(23-24-36(35)44-37)26-19-21-28(22-20-26)40-32-15-8-6-13-30(32)39(27-11-4-3-5-12-27)31-14-7-9-16-33(31)40/h3-25H,2H2,1H3. The van der Waals surface area contributed by atoms with Crippen LogP contribution in [0.5, 0.6) is 11.5 Å². The lowest BCUT2D eigenvalue weighted by Gasteiger charge is -2.22. The van der Waals surface area contributed by atoms with Crippen molar-refractivity contribution in [2.75, 3.05) is 0 Å². The normalized spacial score (nSPS) is 12.0. The monoisotopic (exact) mass is 564 g/mol. The van der Waals surface area contributed by atoms with Gasteiger partial charge in [0.15, 0.2) is 11.5 Å². The summed E-state index contributed by atoms with van der Waals surface area (Å²) in [5.41, 5.74) is 10.4. The molecule has 0 radical (unpaired) electrons. The van der Waals surface area contributed by atoms with Crippen molar-refractivity contribution in [2.24, 2.45) is 0 Å². The third-order valence-corrected chi connectivity index (χ3v) is 8.95. The Hall–Kier alpha value is -5.67. The molecule has 1 aromatic heterocycles. The summed E-state index contributed by atoms with van der Waals surface area (Å²) in [6.45, 7) is 2.15. The van der Waals surface area contributed by atoms with Gasteiger partial charge in [-0.05, 0) is 79.2 Å². The highest BCUT2D eigenvalue weighted by Gasteiger charge is 2.24. The SMILES string of the molecule is CCc1nc2cccc3c2n1-c1cc(-c2ccc(-c4c5ccccc5c(-c5ccccc5)c5ccccc45)cc2)ccc1O3. The van der Waals surface area contributed by atoms with E-state index in [1.54, 1.807) is 0 Å². The number of para-hydroxylation sites is 1. The molecule has 0 saturated carbocycles. The number of nitrogens with zero attached hydrogens (tertiary/aromatic N) is 2. The first-order valence-electron chi connectivity index (χ1n) is 15.2. The molecule has 0 amide bonds. The molecule has 0 unspecified atom stereocenters. The number of ether oxygens (including phenoxy) is 1. The van der Waals surface area contributed by atoms with E-state index in [0.29, 0.717) is 0 Å². The van der Waals surface area contributed by atoms with Gasteiger partial charge >= 0.3 is 0 Å². The van der Waals surface area contributed by atoms with E-state index in [0.717, 1.165) is 46.0 Å². The molecule has 1 aliphatic rings. The summed E-state index contributed by atoms with van der Waals surface area (Å²) in [5, 5.41) is 5.06. The molecule has 1 aliphatic heterocycles. The Morgan fingerprint density at radius 2 is 1.09 bits per heavy atom. The van der Waals surface area contributed by atoms with Gasteiger partial charge in [0.05, 0.1) is 11.2 Å². The molecule has 44 heavy (non-hydrogen) atoms. The van der Waals surface area contributed by atoms with E-state index >= 15 is 0 Å². The van der Waals surface area contributed by atoms with E-state index in [-0.39, 0.29) is 0 Å². The Labute approximate surface area is 255 Å². The molecule has 3 nitrogen and oxygen atoms in total. The summed E-state index contributed by atoms with van der Waals surface area (Å²) in [6, 6.07) is 50.0. The molecule has 0 N–H and O–H groups in total. The molecule has 0 fully saturated rings. The number of hydrogen-bond donors (Lipinski definition) is 0. The summed E-state index contributed by atoms with van der Waals surface area (Å²) in [4.78, 5) is 4.91. The van der Waals surface area contributed by atoms with Crippen LogP contribution >= 0.6 is 0 Å². The van der Waals surface area contributed by atoms with Crippen LogP contribution in [0, 0.1) is 0 Å². The summed E-state index contributed by atoms with van der Waals surface area (Å²) in [7, 11) is 0. The summed E-state index contributed by atoms with van der Waals surface area (Å²) in [6.07, 6.45) is 0.845. The van der Waals surface area contributed by atoms with Gasteiger partial charge in [-0.15, -0.1) is 0 Å². The molecule has 0 bridgehead atoms. The van der Waals surface area contributed by atoms with Crippen LogP contribution in [0.2, 0.25) is 0 Å². The van der Waals surface area contributed by atoms with Crippen LogP contribution in [0.3, 0.4) is 0 Å². The zero-order valence-electron chi connectivity index (χ0n) is 24.3. The van der Waals surface area contributed by atoms with Gasteiger partial charge in [-0.1, -0.05) is 122 Å². The number of imidazole rings is 1. The minimum absolute atomic E-state index is 0.845. The first-order valence-corrected chi connectivity index (χ1v) is 15.2. The Bertz CT molecular complexity index is 2330. The predicted octanol–water partition coefficient (Wildman–Crippen LogP) is 11.0. The maximum Gasteiger partial charge on any atom is 0.153 e. The van der Waals surface area contributed by atoms with E-state index in [9.17, 15) is 0 Å². The average Bonchev–Trinajstić information content (AvgIpc) is 3.48. The fourth-order valence-electron chi connectivity index (χ4n) is 6.98. The molecule has 0 atom stereocenters. The molecule has 7 aromatic carbocycles. The highest BCUT2D eigenvalue weighted by atomic mass is 16.5. The molecule has 0 saturated heterocycles. The minimum atomic E-state index is 0.845. The minimum Gasteiger partial charge on any atom is -0.453 e. The van der Waals surface area contributed by atoms with Crippen molar-refractivity contribution in [2.45, 2.75) is 13.3 Å². The van der Waals surface area contributed by atoms with Crippen LogP contribution < -0.4 is 4.74 Å². The third kappa shape index (κ3) is 3.66. The van der Waals surface area contributed by atoms with Crippen molar-refractivity contribution < 1.29 is 4.74 Å². The van der Waals surface area contributed by atoms with Crippen molar-refractivity contribution in [3.05, 3.63) is 145 Å². The number of benzene rings is 7. The van der Waals surface area contributed by atoms with Crippen LogP contribution in [-0.2, 0) is 6.42 Å². The van der Waals surface area contributed by atoms with Crippen molar-refractivity contribution in [1.82, 2.24) is 9.55 Å². The molecule has 208 valence electrons. The molecule has 9 rings (SSSR count). The van der Waals surface area contributed by atoms with E-state index < -0.39 is 0 Å². The number of aryl methyl sites for hydroxylation is 1. The van der Waals surface area contributed by atoms with Gasteiger partial charge in [-0.25, -0.2) is 4.98 Å². The summed E-state index contributed by atoms with van der Waals surface area (Å²) < 4.78 is 8.61. The Morgan fingerprint density at radius 1 is 0.523 bits per heavy atom. The highest BCUT2D eigenvalue weighted by molar-refractivity contribution is 6.21. The Morgan fingerprint density at radius 3 is 1.73 bits per heavy atom. The molecule has 3 heteroatoms. The fraction of sp³-hybridized carbons (Fsp3) is 0.0488. The number of fused-ring (bicyclic) bond motifs is 4.